The molecule has 6 rings (SSSR count). The quantitative estimate of drug-likeness (QED) is 0.269. The second kappa shape index (κ2) is 8.19. The number of phenolic OH excluding ortho intramolecular Hbond substituents is 1. The van der Waals surface area contributed by atoms with Gasteiger partial charge in [0.2, 0.25) is 0 Å². The molecule has 0 atom stereocenters. The van der Waals surface area contributed by atoms with Crippen LogP contribution >= 0.6 is 34.5 Å². The summed E-state index contributed by atoms with van der Waals surface area (Å²) in [5, 5.41) is 14.7. The lowest BCUT2D eigenvalue weighted by Crippen LogP contribution is -2.24. The maximum atomic E-state index is 13.8. The van der Waals surface area contributed by atoms with Gasteiger partial charge in [-0.2, -0.15) is 13.2 Å². The van der Waals surface area contributed by atoms with Crippen molar-refractivity contribution in [3.63, 3.8) is 0 Å². The van der Waals surface area contributed by atoms with Crippen LogP contribution in [0.3, 0.4) is 0 Å². The standard InChI is InChI=1S/C23H13Cl2F3N4O3S/c24-10-5-13(9-1-2-9)17(29-7-10)20-30-21-16(12-3-4-14(25)18(33)19(12)36-21)22(34)32(20)8-11-6-15(31-35-11)23(26,27)28/h3-7,9,33H,1-2,8H2. The minimum atomic E-state index is -4.70. The monoisotopic (exact) mass is 552 g/mol. The van der Waals surface area contributed by atoms with E-state index in [1.807, 2.05) is 0 Å². The van der Waals surface area contributed by atoms with Gasteiger partial charge < -0.3 is 9.63 Å². The van der Waals surface area contributed by atoms with Gasteiger partial charge in [0.1, 0.15) is 10.5 Å². The van der Waals surface area contributed by atoms with Crippen molar-refractivity contribution in [1.82, 2.24) is 19.7 Å². The van der Waals surface area contributed by atoms with Crippen LogP contribution in [0.4, 0.5) is 13.2 Å². The topological polar surface area (TPSA) is 94.0 Å². The molecule has 1 N–H and O–H groups in total. The summed E-state index contributed by atoms with van der Waals surface area (Å²) >= 11 is 13.3. The van der Waals surface area contributed by atoms with E-state index in [9.17, 15) is 23.1 Å². The van der Waals surface area contributed by atoms with E-state index in [1.165, 1.54) is 16.8 Å². The number of halogens is 5. The van der Waals surface area contributed by atoms with E-state index < -0.39 is 17.4 Å². The lowest BCUT2D eigenvalue weighted by Gasteiger charge is -2.14. The molecule has 0 unspecified atom stereocenters. The number of phenols is 1. The van der Waals surface area contributed by atoms with Crippen molar-refractivity contribution in [3.05, 3.63) is 67.9 Å². The molecule has 0 aliphatic heterocycles. The molecule has 7 nitrogen and oxygen atoms in total. The fourth-order valence-electron chi connectivity index (χ4n) is 4.14. The predicted octanol–water partition coefficient (Wildman–Crippen LogP) is 6.62. The van der Waals surface area contributed by atoms with Gasteiger partial charge in [0.15, 0.2) is 23.0 Å². The third kappa shape index (κ3) is 3.82. The molecular formula is C23H13Cl2F3N4O3S. The maximum Gasteiger partial charge on any atom is 0.436 e. The number of benzene rings is 1. The van der Waals surface area contributed by atoms with Crippen LogP contribution in [0.25, 0.3) is 31.8 Å². The van der Waals surface area contributed by atoms with Gasteiger partial charge in [0.25, 0.3) is 5.56 Å². The second-order valence-corrected chi connectivity index (χ2v) is 10.3. The summed E-state index contributed by atoms with van der Waals surface area (Å²) in [5.41, 5.74) is -0.546. The summed E-state index contributed by atoms with van der Waals surface area (Å²) < 4.78 is 45.8. The van der Waals surface area contributed by atoms with Crippen molar-refractivity contribution in [3.8, 4) is 17.3 Å². The minimum absolute atomic E-state index is 0.117. The van der Waals surface area contributed by atoms with Crippen LogP contribution in [0.2, 0.25) is 10.0 Å². The molecule has 5 aromatic rings. The van der Waals surface area contributed by atoms with Crippen molar-refractivity contribution in [2.24, 2.45) is 0 Å². The zero-order valence-electron chi connectivity index (χ0n) is 17.9. The number of fused-ring (bicyclic) bond motifs is 3. The van der Waals surface area contributed by atoms with Gasteiger partial charge in [-0.3, -0.25) is 14.3 Å². The highest BCUT2D eigenvalue weighted by molar-refractivity contribution is 7.25. The van der Waals surface area contributed by atoms with Gasteiger partial charge in [0, 0.05) is 17.6 Å². The molecule has 13 heteroatoms. The Balaban J connectivity index is 1.64. The summed E-state index contributed by atoms with van der Waals surface area (Å²) in [5.74, 6) is -0.0371. The first-order valence-corrected chi connectivity index (χ1v) is 12.2. The van der Waals surface area contributed by atoms with Gasteiger partial charge in [0.05, 0.1) is 26.7 Å². The average molecular weight is 553 g/mol. The second-order valence-electron chi connectivity index (χ2n) is 8.42. The van der Waals surface area contributed by atoms with E-state index in [0.29, 0.717) is 25.6 Å². The van der Waals surface area contributed by atoms with E-state index in [-0.39, 0.29) is 40.2 Å². The highest BCUT2D eigenvalue weighted by atomic mass is 35.5. The van der Waals surface area contributed by atoms with Crippen molar-refractivity contribution < 1.29 is 22.8 Å². The lowest BCUT2D eigenvalue weighted by atomic mass is 10.1. The molecule has 184 valence electrons. The van der Waals surface area contributed by atoms with Gasteiger partial charge >= 0.3 is 6.18 Å². The summed E-state index contributed by atoms with van der Waals surface area (Å²) in [6.07, 6.45) is -1.45. The Kier molecular flexibility index (Phi) is 5.29. The zero-order valence-corrected chi connectivity index (χ0v) is 20.3. The molecule has 0 spiro atoms. The fraction of sp³-hybridized carbons (Fsp3) is 0.217. The van der Waals surface area contributed by atoms with Crippen molar-refractivity contribution in [2.45, 2.75) is 31.5 Å². The number of rotatable bonds is 4. The fourth-order valence-corrected chi connectivity index (χ4v) is 5.63. The van der Waals surface area contributed by atoms with E-state index >= 15 is 0 Å². The predicted molar refractivity (Wildman–Crippen MR) is 129 cm³/mol. The van der Waals surface area contributed by atoms with Crippen molar-refractivity contribution >= 4 is 54.8 Å². The average Bonchev–Trinajstić information content (AvgIpc) is 3.43. The Morgan fingerprint density at radius 3 is 2.69 bits per heavy atom. The first-order valence-electron chi connectivity index (χ1n) is 10.6. The SMILES string of the molecule is O=c1c2c(nc(-c3ncc(Cl)cc3C3CC3)n1Cc1cc(C(F)(F)F)no1)sc1c(O)c(Cl)ccc12. The Labute approximate surface area is 213 Å². The van der Waals surface area contributed by atoms with Crippen LogP contribution < -0.4 is 5.56 Å². The number of aromatic hydroxyl groups is 1. The van der Waals surface area contributed by atoms with Crippen LogP contribution in [0.1, 0.15) is 35.8 Å². The van der Waals surface area contributed by atoms with Crippen LogP contribution in [-0.2, 0) is 12.7 Å². The number of pyridine rings is 1. The molecule has 1 saturated carbocycles. The van der Waals surface area contributed by atoms with Gasteiger partial charge in [-0.1, -0.05) is 34.4 Å². The molecule has 1 aliphatic carbocycles. The van der Waals surface area contributed by atoms with Crippen LogP contribution in [-0.4, -0.2) is 24.8 Å². The minimum Gasteiger partial charge on any atom is -0.505 e. The van der Waals surface area contributed by atoms with Gasteiger partial charge in [-0.15, -0.1) is 11.3 Å². The Morgan fingerprint density at radius 1 is 1.22 bits per heavy atom. The summed E-state index contributed by atoms with van der Waals surface area (Å²) in [6, 6.07) is 5.56. The molecule has 0 amide bonds. The Bertz CT molecular complexity index is 1740. The van der Waals surface area contributed by atoms with Gasteiger partial charge in [-0.25, -0.2) is 4.98 Å². The number of hydrogen-bond donors (Lipinski definition) is 1. The van der Waals surface area contributed by atoms with Crippen LogP contribution in [0.15, 0.2) is 39.8 Å². The lowest BCUT2D eigenvalue weighted by molar-refractivity contribution is -0.142. The zero-order chi connectivity index (χ0) is 25.4. The molecule has 1 aromatic carbocycles. The van der Waals surface area contributed by atoms with Crippen LogP contribution in [0.5, 0.6) is 5.75 Å². The third-order valence-corrected chi connectivity index (χ3v) is 7.58. The number of aromatic nitrogens is 4. The number of hydrogen-bond acceptors (Lipinski definition) is 7. The molecule has 0 bridgehead atoms. The smallest absolute Gasteiger partial charge is 0.436 e. The Hall–Kier alpha value is -3.15. The van der Waals surface area contributed by atoms with Crippen molar-refractivity contribution in [2.75, 3.05) is 0 Å². The molecule has 1 aliphatic rings. The van der Waals surface area contributed by atoms with Gasteiger partial charge in [-0.05, 0) is 36.5 Å². The molecule has 1 fully saturated rings. The first-order chi connectivity index (χ1) is 17.1. The van der Waals surface area contributed by atoms with E-state index in [0.717, 1.165) is 35.8 Å². The summed E-state index contributed by atoms with van der Waals surface area (Å²) in [6.45, 7) is -0.370. The molecule has 4 aromatic heterocycles. The van der Waals surface area contributed by atoms with E-state index in [1.54, 1.807) is 12.1 Å². The Morgan fingerprint density at radius 2 is 2.00 bits per heavy atom. The molecule has 0 saturated heterocycles. The molecule has 0 radical (unpaired) electrons. The van der Waals surface area contributed by atoms with Crippen molar-refractivity contribution in [1.29, 1.82) is 0 Å². The summed E-state index contributed by atoms with van der Waals surface area (Å²) in [4.78, 5) is 23.3. The number of nitrogens with zero attached hydrogens (tertiary/aromatic N) is 4. The van der Waals surface area contributed by atoms with E-state index in [2.05, 4.69) is 10.1 Å². The number of alkyl halides is 3. The van der Waals surface area contributed by atoms with E-state index in [4.69, 9.17) is 32.7 Å². The maximum absolute atomic E-state index is 13.8. The highest BCUT2D eigenvalue weighted by Crippen LogP contribution is 2.45. The molecule has 4 heterocycles. The largest absolute Gasteiger partial charge is 0.505 e. The number of thiophene rings is 1. The van der Waals surface area contributed by atoms with Crippen LogP contribution in [0, 0.1) is 0 Å². The first kappa shape index (κ1) is 23.3. The third-order valence-electron chi connectivity index (χ3n) is 5.96. The molecule has 36 heavy (non-hydrogen) atoms. The summed E-state index contributed by atoms with van der Waals surface area (Å²) in [7, 11) is 0. The normalized spacial score (nSPS) is 14.2. The highest BCUT2D eigenvalue weighted by Gasteiger charge is 2.35. The molecular weight excluding hydrogens is 540 g/mol.